The van der Waals surface area contributed by atoms with Crippen molar-refractivity contribution < 1.29 is 4.74 Å². The summed E-state index contributed by atoms with van der Waals surface area (Å²) in [4.78, 5) is 4.73. The summed E-state index contributed by atoms with van der Waals surface area (Å²) < 4.78 is 7.10. The summed E-state index contributed by atoms with van der Waals surface area (Å²) >= 11 is 0. The van der Waals surface area contributed by atoms with Crippen LogP contribution in [-0.2, 0) is 31.4 Å². The number of methoxy groups -OCH3 is 1. The van der Waals surface area contributed by atoms with Gasteiger partial charge in [0.05, 0.1) is 18.8 Å². The highest BCUT2D eigenvalue weighted by atomic mass is 127. The Morgan fingerprint density at radius 3 is 2.39 bits per heavy atom. The van der Waals surface area contributed by atoms with E-state index in [9.17, 15) is 0 Å². The Bertz CT molecular complexity index is 755. The second-order valence-electron chi connectivity index (χ2n) is 6.97. The molecule has 28 heavy (non-hydrogen) atoms. The van der Waals surface area contributed by atoms with Crippen molar-refractivity contribution in [2.24, 2.45) is 12.0 Å². The monoisotopic (exact) mass is 499 g/mol. The van der Waals surface area contributed by atoms with E-state index in [0.29, 0.717) is 13.2 Å². The molecule has 2 aromatic rings. The standard InChI is InChI=1S/C21H33N5O.HI/c1-7-22-21(23-13-18-8-10-19(11-9-18)14-27-6)24-15(2)12-20-16(3)25-26(5)17(20)4;/h8-11,15H,7,12-14H2,1-6H3,(H2,22,23,24);1H. The minimum Gasteiger partial charge on any atom is -0.380 e. The number of aryl methyl sites for hydroxylation is 2. The van der Waals surface area contributed by atoms with Crippen LogP contribution in [0, 0.1) is 13.8 Å². The molecule has 0 amide bonds. The van der Waals surface area contributed by atoms with Gasteiger partial charge in [-0.05, 0) is 50.8 Å². The highest BCUT2D eigenvalue weighted by molar-refractivity contribution is 14.0. The number of aliphatic imine (C=N–C) groups is 1. The Labute approximate surface area is 186 Å². The quantitative estimate of drug-likeness (QED) is 0.332. The lowest BCUT2D eigenvalue weighted by Crippen LogP contribution is -2.43. The first-order chi connectivity index (χ1) is 12.9. The van der Waals surface area contributed by atoms with E-state index < -0.39 is 0 Å². The summed E-state index contributed by atoms with van der Waals surface area (Å²) in [7, 11) is 3.70. The summed E-state index contributed by atoms with van der Waals surface area (Å²) in [5.74, 6) is 0.838. The molecular weight excluding hydrogens is 465 g/mol. The molecule has 0 radical (unpaired) electrons. The zero-order valence-corrected chi connectivity index (χ0v) is 20.2. The molecule has 2 rings (SSSR count). The molecule has 0 aliphatic rings. The molecule has 1 atom stereocenters. The van der Waals surface area contributed by atoms with Crippen LogP contribution in [0.2, 0.25) is 0 Å². The maximum Gasteiger partial charge on any atom is 0.191 e. The maximum absolute atomic E-state index is 5.16. The SMILES string of the molecule is CCNC(=NCc1ccc(COC)cc1)NC(C)Cc1c(C)nn(C)c1C.I. The molecule has 0 saturated heterocycles. The third kappa shape index (κ3) is 7.09. The molecule has 0 aliphatic heterocycles. The topological polar surface area (TPSA) is 63.5 Å². The first-order valence-electron chi connectivity index (χ1n) is 9.55. The number of halogens is 1. The number of aromatic nitrogens is 2. The van der Waals surface area contributed by atoms with Gasteiger partial charge >= 0.3 is 0 Å². The van der Waals surface area contributed by atoms with Crippen LogP contribution in [0.15, 0.2) is 29.3 Å². The van der Waals surface area contributed by atoms with Crippen molar-refractivity contribution in [2.45, 2.75) is 53.3 Å². The number of guanidine groups is 1. The zero-order chi connectivity index (χ0) is 19.8. The van der Waals surface area contributed by atoms with Crippen LogP contribution in [0.4, 0.5) is 0 Å². The van der Waals surface area contributed by atoms with Crippen LogP contribution in [0.25, 0.3) is 0 Å². The van der Waals surface area contributed by atoms with Crippen molar-refractivity contribution in [1.82, 2.24) is 20.4 Å². The Hall–Kier alpha value is -1.61. The predicted molar refractivity (Wildman–Crippen MR) is 126 cm³/mol. The maximum atomic E-state index is 5.16. The summed E-state index contributed by atoms with van der Waals surface area (Å²) in [6, 6.07) is 8.64. The van der Waals surface area contributed by atoms with E-state index in [0.717, 1.165) is 24.6 Å². The predicted octanol–water partition coefficient (Wildman–Crippen LogP) is 3.49. The summed E-state index contributed by atoms with van der Waals surface area (Å²) in [5.41, 5.74) is 5.98. The summed E-state index contributed by atoms with van der Waals surface area (Å²) in [5, 5.41) is 11.4. The molecule has 0 bridgehead atoms. The normalized spacial score (nSPS) is 12.4. The fraction of sp³-hybridized carbons (Fsp3) is 0.524. The fourth-order valence-electron chi connectivity index (χ4n) is 3.10. The van der Waals surface area contributed by atoms with Gasteiger partial charge in [-0.25, -0.2) is 4.99 Å². The van der Waals surface area contributed by atoms with Crippen molar-refractivity contribution in [3.05, 3.63) is 52.3 Å². The molecule has 0 spiro atoms. The molecule has 0 aliphatic carbocycles. The Kier molecular flexibility index (Phi) is 10.5. The lowest BCUT2D eigenvalue weighted by molar-refractivity contribution is 0.185. The molecule has 2 N–H and O–H groups in total. The van der Waals surface area contributed by atoms with Gasteiger partial charge in [0.15, 0.2) is 5.96 Å². The van der Waals surface area contributed by atoms with E-state index in [2.05, 4.69) is 67.7 Å². The van der Waals surface area contributed by atoms with E-state index in [4.69, 9.17) is 9.73 Å². The molecule has 156 valence electrons. The number of benzene rings is 1. The second-order valence-corrected chi connectivity index (χ2v) is 6.97. The first-order valence-corrected chi connectivity index (χ1v) is 9.55. The van der Waals surface area contributed by atoms with Gasteiger partial charge < -0.3 is 15.4 Å². The van der Waals surface area contributed by atoms with Crippen molar-refractivity contribution in [3.63, 3.8) is 0 Å². The number of hydrogen-bond acceptors (Lipinski definition) is 3. The smallest absolute Gasteiger partial charge is 0.191 e. The zero-order valence-electron chi connectivity index (χ0n) is 17.9. The van der Waals surface area contributed by atoms with Gasteiger partial charge in [0.25, 0.3) is 0 Å². The number of nitrogens with zero attached hydrogens (tertiary/aromatic N) is 3. The van der Waals surface area contributed by atoms with Gasteiger partial charge in [0.2, 0.25) is 0 Å². The van der Waals surface area contributed by atoms with Crippen molar-refractivity contribution in [1.29, 1.82) is 0 Å². The van der Waals surface area contributed by atoms with Crippen molar-refractivity contribution >= 4 is 29.9 Å². The Balaban J connectivity index is 0.00000392. The highest BCUT2D eigenvalue weighted by Gasteiger charge is 2.14. The average molecular weight is 499 g/mol. The molecule has 0 saturated carbocycles. The number of nitrogens with one attached hydrogen (secondary N) is 2. The largest absolute Gasteiger partial charge is 0.380 e. The molecule has 0 fully saturated rings. The van der Waals surface area contributed by atoms with Gasteiger partial charge in [0, 0.05) is 32.4 Å². The lowest BCUT2D eigenvalue weighted by Gasteiger charge is -2.18. The van der Waals surface area contributed by atoms with Crippen LogP contribution in [0.5, 0.6) is 0 Å². The number of rotatable bonds is 8. The minimum absolute atomic E-state index is 0. The molecular formula is C21H34IN5O. The van der Waals surface area contributed by atoms with Crippen LogP contribution in [0.3, 0.4) is 0 Å². The number of hydrogen-bond donors (Lipinski definition) is 2. The van der Waals surface area contributed by atoms with E-state index in [1.807, 2.05) is 11.7 Å². The molecule has 7 heteroatoms. The van der Waals surface area contributed by atoms with Gasteiger partial charge in [-0.2, -0.15) is 5.10 Å². The van der Waals surface area contributed by atoms with Crippen LogP contribution in [-0.4, -0.2) is 35.4 Å². The van der Waals surface area contributed by atoms with E-state index in [1.165, 1.54) is 22.4 Å². The van der Waals surface area contributed by atoms with Gasteiger partial charge in [-0.3, -0.25) is 4.68 Å². The summed E-state index contributed by atoms with van der Waals surface area (Å²) in [6.07, 6.45) is 0.918. The van der Waals surface area contributed by atoms with Crippen LogP contribution < -0.4 is 10.6 Å². The van der Waals surface area contributed by atoms with E-state index in [-0.39, 0.29) is 30.0 Å². The van der Waals surface area contributed by atoms with Crippen molar-refractivity contribution in [3.8, 4) is 0 Å². The van der Waals surface area contributed by atoms with Gasteiger partial charge in [-0.15, -0.1) is 24.0 Å². The van der Waals surface area contributed by atoms with Gasteiger partial charge in [-0.1, -0.05) is 24.3 Å². The average Bonchev–Trinajstić information content (AvgIpc) is 2.87. The van der Waals surface area contributed by atoms with Crippen LogP contribution >= 0.6 is 24.0 Å². The van der Waals surface area contributed by atoms with Gasteiger partial charge in [0.1, 0.15) is 0 Å². The third-order valence-corrected chi connectivity index (χ3v) is 4.65. The first kappa shape index (κ1) is 24.4. The highest BCUT2D eigenvalue weighted by Crippen LogP contribution is 2.14. The minimum atomic E-state index is 0. The lowest BCUT2D eigenvalue weighted by atomic mass is 10.1. The summed E-state index contributed by atoms with van der Waals surface area (Å²) in [6.45, 7) is 10.6. The second kappa shape index (κ2) is 12.1. The molecule has 1 aromatic heterocycles. The third-order valence-electron chi connectivity index (χ3n) is 4.65. The van der Waals surface area contributed by atoms with E-state index in [1.54, 1.807) is 7.11 Å². The Morgan fingerprint density at radius 1 is 1.21 bits per heavy atom. The Morgan fingerprint density at radius 2 is 1.86 bits per heavy atom. The van der Waals surface area contributed by atoms with Crippen molar-refractivity contribution in [2.75, 3.05) is 13.7 Å². The molecule has 6 nitrogen and oxygen atoms in total. The van der Waals surface area contributed by atoms with E-state index >= 15 is 0 Å². The molecule has 1 aromatic carbocycles. The number of ether oxygens (including phenoxy) is 1. The fourth-order valence-corrected chi connectivity index (χ4v) is 3.10. The van der Waals surface area contributed by atoms with Crippen LogP contribution in [0.1, 0.15) is 41.9 Å². The molecule has 1 heterocycles. The molecule has 1 unspecified atom stereocenters.